The van der Waals surface area contributed by atoms with Crippen LogP contribution in [0.4, 0.5) is 5.69 Å². The summed E-state index contributed by atoms with van der Waals surface area (Å²) in [5, 5.41) is 10.2. The minimum Gasteiger partial charge on any atom is -0.490 e. The Labute approximate surface area is 274 Å². The number of nitrogens with zero attached hydrogens (tertiary/aromatic N) is 2. The van der Waals surface area contributed by atoms with Gasteiger partial charge in [-0.05, 0) is 76.3 Å². The summed E-state index contributed by atoms with van der Waals surface area (Å²) < 4.78 is 41.5. The van der Waals surface area contributed by atoms with E-state index in [1.165, 1.54) is 24.6 Å². The van der Waals surface area contributed by atoms with Crippen LogP contribution in [0.3, 0.4) is 0 Å². The van der Waals surface area contributed by atoms with Crippen LogP contribution in [0.2, 0.25) is 0 Å². The lowest BCUT2D eigenvalue weighted by atomic mass is 9.88. The number of fused-ring (bicyclic) bond motifs is 1. The molecule has 0 radical (unpaired) electrons. The van der Waals surface area contributed by atoms with Crippen molar-refractivity contribution in [3.05, 3.63) is 54.1 Å². The highest BCUT2D eigenvalue weighted by molar-refractivity contribution is 7.92. The third kappa shape index (κ3) is 9.45. The van der Waals surface area contributed by atoms with E-state index in [9.17, 15) is 23.1 Å². The number of rotatable bonds is 8. The molecule has 10 nitrogen and oxygen atoms in total. The summed E-state index contributed by atoms with van der Waals surface area (Å²) in [6, 6.07) is 12.2. The number of sulfonamides is 1. The highest BCUT2D eigenvalue weighted by atomic mass is 32.2. The predicted octanol–water partition coefficient (Wildman–Crippen LogP) is 5.32. The molecule has 2 aromatic carbocycles. The van der Waals surface area contributed by atoms with Crippen molar-refractivity contribution < 1.29 is 32.6 Å². The summed E-state index contributed by atoms with van der Waals surface area (Å²) in [6.07, 6.45) is 7.05. The van der Waals surface area contributed by atoms with Gasteiger partial charge in [-0.25, -0.2) is 8.42 Å². The zero-order chi connectivity index (χ0) is 33.3. The molecule has 1 fully saturated rings. The molecule has 2 N–H and O–H groups in total. The lowest BCUT2D eigenvalue weighted by Crippen LogP contribution is -2.48. The number of aliphatic hydroxyl groups is 1. The first-order valence-corrected chi connectivity index (χ1v) is 18.2. The minimum atomic E-state index is -3.90. The van der Waals surface area contributed by atoms with Crippen LogP contribution in [-0.2, 0) is 19.6 Å². The molecule has 2 aromatic rings. The predicted molar refractivity (Wildman–Crippen MR) is 178 cm³/mol. The number of benzene rings is 2. The van der Waals surface area contributed by atoms with E-state index in [1.807, 2.05) is 20.9 Å². The molecular weight excluding hydrogens is 606 g/mol. The molecule has 46 heavy (non-hydrogen) atoms. The van der Waals surface area contributed by atoms with Gasteiger partial charge in [0.1, 0.15) is 5.75 Å². The van der Waals surface area contributed by atoms with Crippen LogP contribution in [0.1, 0.15) is 82.5 Å². The number of hydrogen-bond acceptors (Lipinski definition) is 7. The van der Waals surface area contributed by atoms with Crippen LogP contribution in [0.25, 0.3) is 0 Å². The van der Waals surface area contributed by atoms with E-state index >= 15 is 0 Å². The fourth-order valence-electron chi connectivity index (χ4n) is 6.28. The number of anilines is 1. The Balaban J connectivity index is 1.63. The van der Waals surface area contributed by atoms with Crippen molar-refractivity contribution in [3.8, 4) is 5.75 Å². The third-order valence-electron chi connectivity index (χ3n) is 9.14. The van der Waals surface area contributed by atoms with Crippen LogP contribution in [0, 0.1) is 11.8 Å². The van der Waals surface area contributed by atoms with E-state index in [4.69, 9.17) is 9.47 Å². The largest absolute Gasteiger partial charge is 0.490 e. The SMILES string of the molecule is C[C@@H]1CCCCO[C@H](CN(C)C(=O)C2CCCCC2)[C@@H](C)CN([C@H](C)CO)C(=O)c2cc(NS(=O)(=O)c3ccccc3)ccc2O1. The van der Waals surface area contributed by atoms with Gasteiger partial charge in [-0.1, -0.05) is 44.4 Å². The number of aliphatic hydroxyl groups excluding tert-OH is 1. The quantitative estimate of drug-likeness (QED) is 0.394. The highest BCUT2D eigenvalue weighted by Gasteiger charge is 2.32. The standard InChI is InChI=1S/C35H51N3O7S/c1-25-22-38(26(2)24-39)35(41)31-21-29(36-46(42,43)30-16-9-6-10-17-30)18-19-32(31)45-27(3)13-11-12-20-44-33(25)23-37(4)34(40)28-14-7-5-8-15-28/h6,9-10,16-19,21,25-28,33,36,39H,5,7-8,11-15,20,22-24H2,1-4H3/t25-,26+,27+,33+/m0/s1. The van der Waals surface area contributed by atoms with Crippen LogP contribution >= 0.6 is 0 Å². The van der Waals surface area contributed by atoms with Crippen molar-refractivity contribution in [1.29, 1.82) is 0 Å². The summed E-state index contributed by atoms with van der Waals surface area (Å²) in [5.74, 6) is -0.0153. The molecule has 4 atom stereocenters. The van der Waals surface area contributed by atoms with Gasteiger partial charge in [0.2, 0.25) is 5.91 Å². The Morgan fingerprint density at radius 1 is 1.04 bits per heavy atom. The van der Waals surface area contributed by atoms with Crippen LogP contribution in [0.5, 0.6) is 5.75 Å². The lowest BCUT2D eigenvalue weighted by molar-refractivity contribution is -0.137. The van der Waals surface area contributed by atoms with Gasteiger partial charge in [-0.2, -0.15) is 0 Å². The molecule has 0 bridgehead atoms. The van der Waals surface area contributed by atoms with Gasteiger partial charge in [-0.3, -0.25) is 14.3 Å². The minimum absolute atomic E-state index is 0.0477. The fraction of sp³-hybridized carbons (Fsp3) is 0.600. The van der Waals surface area contributed by atoms with Gasteiger partial charge in [-0.15, -0.1) is 0 Å². The van der Waals surface area contributed by atoms with Gasteiger partial charge in [0, 0.05) is 44.3 Å². The summed E-state index contributed by atoms with van der Waals surface area (Å²) in [4.78, 5) is 31.1. The Kier molecular flexibility index (Phi) is 12.9. The second kappa shape index (κ2) is 16.6. The van der Waals surface area contributed by atoms with Gasteiger partial charge >= 0.3 is 0 Å². The molecule has 1 heterocycles. The highest BCUT2D eigenvalue weighted by Crippen LogP contribution is 2.30. The molecule has 4 rings (SSSR count). The molecule has 11 heteroatoms. The molecule has 254 valence electrons. The first kappa shape index (κ1) is 35.7. The van der Waals surface area contributed by atoms with Crippen LogP contribution in [-0.4, -0.2) is 86.7 Å². The molecule has 0 aromatic heterocycles. The zero-order valence-corrected chi connectivity index (χ0v) is 28.5. The van der Waals surface area contributed by atoms with Gasteiger partial charge in [0.15, 0.2) is 0 Å². The summed E-state index contributed by atoms with van der Waals surface area (Å²) in [5.41, 5.74) is 0.425. The molecule has 1 aliphatic carbocycles. The van der Waals surface area contributed by atoms with Crippen LogP contribution in [0.15, 0.2) is 53.4 Å². The Hall–Kier alpha value is -3.15. The number of ether oxygens (including phenoxy) is 2. The zero-order valence-electron chi connectivity index (χ0n) is 27.7. The van der Waals surface area contributed by atoms with Gasteiger partial charge in [0.25, 0.3) is 15.9 Å². The number of carbonyl (C=O) groups is 2. The van der Waals surface area contributed by atoms with E-state index in [0.29, 0.717) is 18.9 Å². The van der Waals surface area contributed by atoms with E-state index < -0.39 is 16.1 Å². The molecule has 2 amide bonds. The lowest BCUT2D eigenvalue weighted by Gasteiger charge is -2.36. The van der Waals surface area contributed by atoms with Crippen molar-refractivity contribution in [2.75, 3.05) is 38.1 Å². The Bertz CT molecular complexity index is 1400. The Morgan fingerprint density at radius 2 is 1.74 bits per heavy atom. The molecular formula is C35H51N3O7S. The smallest absolute Gasteiger partial charge is 0.261 e. The number of hydrogen-bond donors (Lipinski definition) is 2. The second-order valence-electron chi connectivity index (χ2n) is 13.0. The van der Waals surface area contributed by atoms with E-state index in [-0.39, 0.29) is 65.2 Å². The topological polar surface area (TPSA) is 125 Å². The van der Waals surface area contributed by atoms with Crippen molar-refractivity contribution >= 4 is 27.5 Å². The average Bonchev–Trinajstić information content (AvgIpc) is 3.06. The van der Waals surface area contributed by atoms with E-state index in [1.54, 1.807) is 47.1 Å². The second-order valence-corrected chi connectivity index (χ2v) is 14.7. The normalized spacial score (nSPS) is 23.0. The van der Waals surface area contributed by atoms with Crippen LogP contribution < -0.4 is 9.46 Å². The number of carbonyl (C=O) groups excluding carboxylic acids is 2. The third-order valence-corrected chi connectivity index (χ3v) is 10.5. The average molecular weight is 658 g/mol. The molecule has 0 saturated heterocycles. The molecule has 0 spiro atoms. The van der Waals surface area contributed by atoms with E-state index in [0.717, 1.165) is 44.9 Å². The van der Waals surface area contributed by atoms with Crippen molar-refractivity contribution in [2.45, 2.75) is 95.3 Å². The first-order valence-electron chi connectivity index (χ1n) is 16.7. The number of amides is 2. The molecule has 2 aliphatic rings. The van der Waals surface area contributed by atoms with Gasteiger partial charge in [0.05, 0.1) is 35.3 Å². The maximum absolute atomic E-state index is 14.3. The first-order chi connectivity index (χ1) is 22.0. The van der Waals surface area contributed by atoms with Crippen molar-refractivity contribution in [2.24, 2.45) is 11.8 Å². The summed E-state index contributed by atoms with van der Waals surface area (Å²) in [7, 11) is -2.06. The number of likely N-dealkylation sites (N-methyl/N-ethyl adjacent to an activating group) is 1. The fourth-order valence-corrected chi connectivity index (χ4v) is 7.35. The Morgan fingerprint density at radius 3 is 2.43 bits per heavy atom. The van der Waals surface area contributed by atoms with Gasteiger partial charge < -0.3 is 24.4 Å². The maximum atomic E-state index is 14.3. The maximum Gasteiger partial charge on any atom is 0.261 e. The number of nitrogens with one attached hydrogen (secondary N) is 1. The molecule has 0 unspecified atom stereocenters. The van der Waals surface area contributed by atoms with Crippen molar-refractivity contribution in [3.63, 3.8) is 0 Å². The molecule has 1 aliphatic heterocycles. The summed E-state index contributed by atoms with van der Waals surface area (Å²) in [6.45, 7) is 6.64. The van der Waals surface area contributed by atoms with E-state index in [2.05, 4.69) is 4.72 Å². The van der Waals surface area contributed by atoms with Crippen molar-refractivity contribution in [1.82, 2.24) is 9.80 Å². The molecule has 1 saturated carbocycles. The monoisotopic (exact) mass is 657 g/mol. The summed E-state index contributed by atoms with van der Waals surface area (Å²) >= 11 is 0.